The smallest absolute Gasteiger partial charge is 0.343 e. The molecule has 0 radical (unpaired) electrons. The number of aliphatic hydroxyl groups is 1. The van der Waals surface area contributed by atoms with Gasteiger partial charge in [-0.1, -0.05) is 0 Å². The molecule has 4 nitrogen and oxygen atoms in total. The van der Waals surface area contributed by atoms with Crippen LogP contribution in [0.1, 0.15) is 27.7 Å². The molecule has 0 aliphatic rings. The van der Waals surface area contributed by atoms with Gasteiger partial charge in [-0.25, -0.2) is 4.79 Å². The summed E-state index contributed by atoms with van der Waals surface area (Å²) >= 11 is 0. The number of hydrogen-bond donors (Lipinski definition) is 1. The van der Waals surface area contributed by atoms with Gasteiger partial charge in [0.25, 0.3) is 0 Å². The van der Waals surface area contributed by atoms with E-state index in [-0.39, 0.29) is 0 Å². The summed E-state index contributed by atoms with van der Waals surface area (Å²) in [4.78, 5) is 21.4. The van der Waals surface area contributed by atoms with Crippen LogP contribution in [0.4, 0.5) is 0 Å². The quantitative estimate of drug-likeness (QED) is 0.482. The van der Waals surface area contributed by atoms with Gasteiger partial charge in [0.1, 0.15) is 5.60 Å². The minimum atomic E-state index is -1.65. The molecule has 0 aliphatic carbocycles. The van der Waals surface area contributed by atoms with Crippen LogP contribution in [0.3, 0.4) is 0 Å². The van der Waals surface area contributed by atoms with Crippen molar-refractivity contribution >= 4 is 11.8 Å². The Morgan fingerprint density at radius 3 is 2.00 bits per heavy atom. The SMILES string of the molecule is CC(=O)C(O)C(=O)OC(C)(C)C. The fourth-order valence-electron chi connectivity index (χ4n) is 0.524. The first kappa shape index (κ1) is 11.1. The monoisotopic (exact) mass is 174 g/mol. The highest BCUT2D eigenvalue weighted by Gasteiger charge is 2.26. The number of carbonyl (C=O) groups excluding carboxylic acids is 2. The molecule has 0 heterocycles. The first-order valence-electron chi connectivity index (χ1n) is 3.65. The van der Waals surface area contributed by atoms with Crippen molar-refractivity contribution in [2.75, 3.05) is 0 Å². The summed E-state index contributed by atoms with van der Waals surface area (Å²) in [6.45, 7) is 6.13. The number of ketones is 1. The van der Waals surface area contributed by atoms with E-state index in [4.69, 9.17) is 9.84 Å². The third kappa shape index (κ3) is 4.08. The predicted molar refractivity (Wildman–Crippen MR) is 42.5 cm³/mol. The van der Waals surface area contributed by atoms with E-state index in [0.29, 0.717) is 0 Å². The highest BCUT2D eigenvalue weighted by molar-refractivity contribution is 6.00. The van der Waals surface area contributed by atoms with Crippen LogP contribution in [0.2, 0.25) is 0 Å². The van der Waals surface area contributed by atoms with E-state index in [1.165, 1.54) is 0 Å². The Labute approximate surface area is 71.5 Å². The summed E-state index contributed by atoms with van der Waals surface area (Å²) < 4.78 is 4.75. The normalized spacial score (nSPS) is 13.8. The van der Waals surface area contributed by atoms with E-state index in [9.17, 15) is 9.59 Å². The number of ether oxygens (including phenoxy) is 1. The Morgan fingerprint density at radius 1 is 1.33 bits per heavy atom. The van der Waals surface area contributed by atoms with E-state index < -0.39 is 23.5 Å². The molecule has 0 bridgehead atoms. The highest BCUT2D eigenvalue weighted by atomic mass is 16.6. The molecule has 70 valence electrons. The van der Waals surface area contributed by atoms with Crippen LogP contribution in [-0.2, 0) is 14.3 Å². The zero-order chi connectivity index (χ0) is 9.94. The molecule has 0 aliphatic heterocycles. The number of Topliss-reactive ketones (excluding diaryl/α,β-unsaturated/α-hetero) is 1. The van der Waals surface area contributed by atoms with E-state index in [0.717, 1.165) is 6.92 Å². The lowest BCUT2D eigenvalue weighted by atomic mass is 10.2. The molecule has 1 unspecified atom stereocenters. The van der Waals surface area contributed by atoms with Crippen molar-refractivity contribution in [1.82, 2.24) is 0 Å². The van der Waals surface area contributed by atoms with Gasteiger partial charge in [-0.05, 0) is 27.7 Å². The molecule has 0 amide bonds. The molecule has 0 saturated carbocycles. The van der Waals surface area contributed by atoms with Crippen molar-refractivity contribution < 1.29 is 19.4 Å². The van der Waals surface area contributed by atoms with Gasteiger partial charge in [0.2, 0.25) is 6.10 Å². The molecule has 1 atom stereocenters. The summed E-state index contributed by atoms with van der Waals surface area (Å²) in [6.07, 6.45) is -1.65. The lowest BCUT2D eigenvalue weighted by Gasteiger charge is -2.20. The van der Waals surface area contributed by atoms with Gasteiger partial charge in [0, 0.05) is 0 Å². The fourth-order valence-corrected chi connectivity index (χ4v) is 0.524. The van der Waals surface area contributed by atoms with Gasteiger partial charge in [-0.15, -0.1) is 0 Å². The number of carbonyl (C=O) groups is 2. The minimum absolute atomic E-state index is 0.607. The summed E-state index contributed by atoms with van der Waals surface area (Å²) in [6, 6.07) is 0. The fraction of sp³-hybridized carbons (Fsp3) is 0.750. The van der Waals surface area contributed by atoms with E-state index in [1.54, 1.807) is 20.8 Å². The van der Waals surface area contributed by atoms with Crippen molar-refractivity contribution in [3.8, 4) is 0 Å². The number of hydrogen-bond acceptors (Lipinski definition) is 4. The number of esters is 1. The van der Waals surface area contributed by atoms with Crippen LogP contribution in [0, 0.1) is 0 Å². The highest BCUT2D eigenvalue weighted by Crippen LogP contribution is 2.08. The van der Waals surface area contributed by atoms with E-state index in [2.05, 4.69) is 0 Å². The van der Waals surface area contributed by atoms with Crippen LogP contribution in [0.5, 0.6) is 0 Å². The Morgan fingerprint density at radius 2 is 1.75 bits per heavy atom. The summed E-state index contributed by atoms with van der Waals surface area (Å²) in [5.74, 6) is -1.50. The zero-order valence-corrected chi connectivity index (χ0v) is 7.75. The average Bonchev–Trinajstić information content (AvgIpc) is 1.82. The Bertz CT molecular complexity index is 190. The first-order valence-corrected chi connectivity index (χ1v) is 3.65. The number of aliphatic hydroxyl groups excluding tert-OH is 1. The van der Waals surface area contributed by atoms with Crippen molar-refractivity contribution in [3.63, 3.8) is 0 Å². The lowest BCUT2D eigenvalue weighted by Crippen LogP contribution is -2.35. The van der Waals surface area contributed by atoms with Crippen LogP contribution >= 0.6 is 0 Å². The van der Waals surface area contributed by atoms with Gasteiger partial charge in [-0.3, -0.25) is 4.79 Å². The second-order valence-electron chi connectivity index (χ2n) is 3.55. The molecule has 0 fully saturated rings. The van der Waals surface area contributed by atoms with Gasteiger partial charge in [0.05, 0.1) is 0 Å². The molecule has 12 heavy (non-hydrogen) atoms. The Kier molecular flexibility index (Phi) is 3.39. The lowest BCUT2D eigenvalue weighted by molar-refractivity contribution is -0.167. The van der Waals surface area contributed by atoms with E-state index in [1.807, 2.05) is 0 Å². The summed E-state index contributed by atoms with van der Waals surface area (Å²) in [5, 5.41) is 8.93. The van der Waals surface area contributed by atoms with Crippen molar-refractivity contribution in [1.29, 1.82) is 0 Å². The first-order chi connectivity index (χ1) is 5.24. The van der Waals surface area contributed by atoms with Gasteiger partial charge in [-0.2, -0.15) is 0 Å². The third-order valence-corrected chi connectivity index (χ3v) is 1.02. The molecule has 0 saturated heterocycles. The average molecular weight is 174 g/mol. The Hall–Kier alpha value is -0.900. The molecule has 0 spiro atoms. The standard InChI is InChI=1S/C8H14O4/c1-5(9)6(10)7(11)12-8(2,3)4/h6,10H,1-4H3. The maximum absolute atomic E-state index is 10.9. The maximum atomic E-state index is 10.9. The molecule has 4 heteroatoms. The van der Waals surface area contributed by atoms with Gasteiger partial charge in [0.15, 0.2) is 5.78 Å². The topological polar surface area (TPSA) is 63.6 Å². The molecule has 0 aromatic carbocycles. The second kappa shape index (κ2) is 3.67. The third-order valence-electron chi connectivity index (χ3n) is 1.02. The zero-order valence-electron chi connectivity index (χ0n) is 7.75. The van der Waals surface area contributed by atoms with Crippen LogP contribution < -0.4 is 0 Å². The van der Waals surface area contributed by atoms with Gasteiger partial charge < -0.3 is 9.84 Å². The molecular formula is C8H14O4. The Balaban J connectivity index is 4.15. The maximum Gasteiger partial charge on any atom is 0.343 e. The molecular weight excluding hydrogens is 160 g/mol. The molecule has 0 aromatic rings. The summed E-state index contributed by atoms with van der Waals surface area (Å²) in [5.41, 5.74) is -0.673. The van der Waals surface area contributed by atoms with E-state index >= 15 is 0 Å². The van der Waals surface area contributed by atoms with Crippen molar-refractivity contribution in [2.45, 2.75) is 39.4 Å². The van der Waals surface area contributed by atoms with Crippen molar-refractivity contribution in [3.05, 3.63) is 0 Å². The minimum Gasteiger partial charge on any atom is -0.458 e. The van der Waals surface area contributed by atoms with Crippen LogP contribution in [0.15, 0.2) is 0 Å². The molecule has 0 rings (SSSR count). The van der Waals surface area contributed by atoms with Gasteiger partial charge >= 0.3 is 5.97 Å². The van der Waals surface area contributed by atoms with Crippen LogP contribution in [-0.4, -0.2) is 28.6 Å². The molecule has 1 N–H and O–H groups in total. The predicted octanol–water partition coefficient (Wildman–Crippen LogP) is 0.278. The molecule has 0 aromatic heterocycles. The van der Waals surface area contributed by atoms with Crippen molar-refractivity contribution in [2.24, 2.45) is 0 Å². The second-order valence-corrected chi connectivity index (χ2v) is 3.55. The number of rotatable bonds is 2. The summed E-state index contributed by atoms with van der Waals surface area (Å²) in [7, 11) is 0. The van der Waals surface area contributed by atoms with Crippen LogP contribution in [0.25, 0.3) is 0 Å². The largest absolute Gasteiger partial charge is 0.458 e.